The van der Waals surface area contributed by atoms with Gasteiger partial charge in [-0.2, -0.15) is 0 Å². The number of fused-ring (bicyclic) bond motifs is 3. The second-order valence-corrected chi connectivity index (χ2v) is 11.5. The number of nitrogen functional groups attached to an aromatic ring is 1. The second-order valence-electron chi connectivity index (χ2n) is 11.5. The molecule has 0 aliphatic carbocycles. The summed E-state index contributed by atoms with van der Waals surface area (Å²) in [7, 11) is 0. The first-order valence-electron chi connectivity index (χ1n) is 14.5. The summed E-state index contributed by atoms with van der Waals surface area (Å²) in [5.74, 6) is 7.35. The summed E-state index contributed by atoms with van der Waals surface area (Å²) in [5.41, 5.74) is 10.5. The number of anilines is 3. The van der Waals surface area contributed by atoms with E-state index in [-0.39, 0.29) is 5.75 Å². The van der Waals surface area contributed by atoms with Crippen LogP contribution in [0.5, 0.6) is 5.75 Å². The lowest BCUT2D eigenvalue weighted by atomic mass is 10.1. The molecule has 4 aliphatic heterocycles. The maximum absolute atomic E-state index is 10.3. The Balaban J connectivity index is 1.05. The van der Waals surface area contributed by atoms with E-state index in [9.17, 15) is 5.11 Å². The highest BCUT2D eigenvalue weighted by atomic mass is 16.3. The Morgan fingerprint density at radius 3 is 2.62 bits per heavy atom. The molecule has 0 amide bonds. The molecule has 40 heavy (non-hydrogen) atoms. The third-order valence-corrected chi connectivity index (χ3v) is 9.04. The predicted molar refractivity (Wildman–Crippen MR) is 157 cm³/mol. The molecule has 9 nitrogen and oxygen atoms in total. The summed E-state index contributed by atoms with van der Waals surface area (Å²) in [4.78, 5) is 14.6. The van der Waals surface area contributed by atoms with Crippen LogP contribution in [-0.4, -0.2) is 94.0 Å². The molecule has 1 aromatic carbocycles. The fourth-order valence-corrected chi connectivity index (χ4v) is 7.08. The third kappa shape index (κ3) is 4.82. The molecule has 6 heterocycles. The number of aromatic nitrogens is 3. The highest BCUT2D eigenvalue weighted by Gasteiger charge is 2.41. The van der Waals surface area contributed by atoms with Crippen LogP contribution in [-0.2, 0) is 0 Å². The van der Waals surface area contributed by atoms with Crippen LogP contribution in [0.3, 0.4) is 0 Å². The standard InChI is InChI=1S/C31H36N8O/c32-31-29(18-28(34-35-31)27-7-1-2-8-30(27)40)38-20-25-9-10-26(21-38)39(25)23-11-12-33-22(17-23)5-3-13-36-15-16-37-14-4-6-24(37)19-36/h1-2,7-8,11-12,17-18,24-26,40H,4,6,9-10,13-16,19-21H2,(H2,32,35). The van der Waals surface area contributed by atoms with Crippen molar-refractivity contribution in [1.82, 2.24) is 25.0 Å². The van der Waals surface area contributed by atoms with Gasteiger partial charge in [-0.15, -0.1) is 10.2 Å². The van der Waals surface area contributed by atoms with Crippen LogP contribution in [0.1, 0.15) is 31.4 Å². The van der Waals surface area contributed by atoms with E-state index < -0.39 is 0 Å². The number of hydrogen-bond donors (Lipinski definition) is 2. The van der Waals surface area contributed by atoms with Crippen LogP contribution in [0.4, 0.5) is 17.2 Å². The zero-order valence-corrected chi connectivity index (χ0v) is 22.8. The Kier molecular flexibility index (Phi) is 6.66. The molecule has 4 fully saturated rings. The predicted octanol–water partition coefficient (Wildman–Crippen LogP) is 2.82. The van der Waals surface area contributed by atoms with Crippen LogP contribution >= 0.6 is 0 Å². The first-order chi connectivity index (χ1) is 19.6. The number of nitrogens with two attached hydrogens (primary N) is 1. The largest absolute Gasteiger partial charge is 0.507 e. The van der Waals surface area contributed by atoms with Crippen LogP contribution in [0.2, 0.25) is 0 Å². The molecule has 4 aliphatic rings. The molecular weight excluding hydrogens is 500 g/mol. The van der Waals surface area contributed by atoms with Gasteiger partial charge in [0.1, 0.15) is 11.4 Å². The van der Waals surface area contributed by atoms with E-state index in [1.807, 2.05) is 24.4 Å². The summed E-state index contributed by atoms with van der Waals surface area (Å²) < 4.78 is 0. The molecule has 3 atom stereocenters. The van der Waals surface area contributed by atoms with Gasteiger partial charge in [-0.05, 0) is 68.5 Å². The molecule has 3 unspecified atom stereocenters. The molecule has 9 heteroatoms. The van der Waals surface area contributed by atoms with E-state index in [0.29, 0.717) is 29.2 Å². The Morgan fingerprint density at radius 2 is 1.77 bits per heavy atom. The van der Waals surface area contributed by atoms with Crippen molar-refractivity contribution in [3.8, 4) is 28.8 Å². The lowest BCUT2D eigenvalue weighted by Crippen LogP contribution is -2.54. The lowest BCUT2D eigenvalue weighted by molar-refractivity contribution is 0.115. The topological polar surface area (TPSA) is 97.9 Å². The van der Waals surface area contributed by atoms with Crippen LogP contribution < -0.4 is 15.5 Å². The summed E-state index contributed by atoms with van der Waals surface area (Å²) >= 11 is 0. The number of nitrogens with zero attached hydrogens (tertiary/aromatic N) is 7. The van der Waals surface area contributed by atoms with Crippen LogP contribution in [0.25, 0.3) is 11.3 Å². The number of para-hydroxylation sites is 1. The molecule has 0 saturated carbocycles. The van der Waals surface area contributed by atoms with E-state index >= 15 is 0 Å². The van der Waals surface area contributed by atoms with Gasteiger partial charge in [0.2, 0.25) is 0 Å². The summed E-state index contributed by atoms with van der Waals surface area (Å²) in [5, 5.41) is 18.8. The van der Waals surface area contributed by atoms with Crippen molar-refractivity contribution in [2.45, 2.75) is 43.8 Å². The van der Waals surface area contributed by atoms with Crippen molar-refractivity contribution < 1.29 is 5.11 Å². The zero-order valence-electron chi connectivity index (χ0n) is 22.8. The first kappa shape index (κ1) is 25.1. The van der Waals surface area contributed by atoms with Gasteiger partial charge in [0.05, 0.1) is 17.9 Å². The zero-order chi connectivity index (χ0) is 27.1. The van der Waals surface area contributed by atoms with Crippen molar-refractivity contribution in [1.29, 1.82) is 0 Å². The molecule has 0 spiro atoms. The van der Waals surface area contributed by atoms with E-state index in [2.05, 4.69) is 58.8 Å². The third-order valence-electron chi connectivity index (χ3n) is 9.04. The number of phenolic OH excluding ortho intramolecular Hbond substituents is 1. The van der Waals surface area contributed by atoms with Gasteiger partial charge >= 0.3 is 0 Å². The summed E-state index contributed by atoms with van der Waals surface area (Å²) in [6, 6.07) is 14.9. The normalized spacial score (nSPS) is 24.6. The second kappa shape index (κ2) is 10.6. The molecule has 3 N–H and O–H groups in total. The number of aromatic hydroxyl groups is 1. The van der Waals surface area contributed by atoms with E-state index in [4.69, 9.17) is 5.73 Å². The summed E-state index contributed by atoms with van der Waals surface area (Å²) in [6.45, 7) is 7.20. The average molecular weight is 537 g/mol. The monoisotopic (exact) mass is 536 g/mol. The molecule has 3 aromatic rings. The van der Waals surface area contributed by atoms with E-state index in [0.717, 1.165) is 63.0 Å². The molecular formula is C31H36N8O. The van der Waals surface area contributed by atoms with Crippen molar-refractivity contribution in [2.75, 3.05) is 61.3 Å². The van der Waals surface area contributed by atoms with Gasteiger partial charge in [-0.3, -0.25) is 9.80 Å². The summed E-state index contributed by atoms with van der Waals surface area (Å²) in [6.07, 6.45) is 6.81. The lowest BCUT2D eigenvalue weighted by Gasteiger charge is -2.43. The minimum absolute atomic E-state index is 0.186. The molecule has 2 bridgehead atoms. The van der Waals surface area contributed by atoms with Gasteiger partial charge in [0, 0.05) is 68.3 Å². The molecule has 2 aromatic heterocycles. The Morgan fingerprint density at radius 1 is 0.925 bits per heavy atom. The minimum atomic E-state index is 0.186. The molecule has 7 rings (SSSR count). The molecule has 0 radical (unpaired) electrons. The van der Waals surface area contributed by atoms with Gasteiger partial charge in [0.15, 0.2) is 5.82 Å². The van der Waals surface area contributed by atoms with E-state index in [1.165, 1.54) is 31.6 Å². The van der Waals surface area contributed by atoms with Gasteiger partial charge < -0.3 is 20.6 Å². The van der Waals surface area contributed by atoms with Crippen LogP contribution in [0.15, 0.2) is 48.7 Å². The Labute approximate surface area is 235 Å². The fourth-order valence-electron chi connectivity index (χ4n) is 7.08. The number of hydrogen-bond acceptors (Lipinski definition) is 9. The Bertz CT molecular complexity index is 1440. The number of piperazine rings is 2. The minimum Gasteiger partial charge on any atom is -0.507 e. The highest BCUT2D eigenvalue weighted by Crippen LogP contribution is 2.39. The number of benzene rings is 1. The molecule has 206 valence electrons. The van der Waals surface area contributed by atoms with E-state index in [1.54, 1.807) is 12.1 Å². The highest BCUT2D eigenvalue weighted by molar-refractivity contribution is 5.74. The van der Waals surface area contributed by atoms with Crippen molar-refractivity contribution in [3.63, 3.8) is 0 Å². The Hall–Kier alpha value is -3.87. The maximum atomic E-state index is 10.3. The number of rotatable bonds is 4. The maximum Gasteiger partial charge on any atom is 0.169 e. The van der Waals surface area contributed by atoms with Crippen LogP contribution in [0, 0.1) is 11.8 Å². The van der Waals surface area contributed by atoms with Crippen molar-refractivity contribution >= 4 is 17.2 Å². The smallest absolute Gasteiger partial charge is 0.169 e. The van der Waals surface area contributed by atoms with Gasteiger partial charge in [0.25, 0.3) is 0 Å². The average Bonchev–Trinajstić information content (AvgIpc) is 3.55. The molecule has 4 saturated heterocycles. The first-order valence-corrected chi connectivity index (χ1v) is 14.5. The van der Waals surface area contributed by atoms with Gasteiger partial charge in [-0.25, -0.2) is 4.98 Å². The number of phenols is 1. The van der Waals surface area contributed by atoms with Crippen molar-refractivity contribution in [3.05, 3.63) is 54.4 Å². The fraction of sp³-hybridized carbons (Fsp3) is 0.452. The SMILES string of the molecule is Nc1nnc(-c2ccccc2O)cc1N1CC2CCC(C1)N2c1ccnc(C#CCN2CCN3CCCC3C2)c1. The number of pyridine rings is 1. The van der Waals surface area contributed by atoms with Crippen molar-refractivity contribution in [2.24, 2.45) is 0 Å². The quantitative estimate of drug-likeness (QED) is 0.488. The van der Waals surface area contributed by atoms with Gasteiger partial charge in [-0.1, -0.05) is 18.1 Å².